The van der Waals surface area contributed by atoms with E-state index in [1.807, 2.05) is 13.8 Å². The Morgan fingerprint density at radius 1 is 1.13 bits per heavy atom. The smallest absolute Gasteiger partial charge is 0.291 e. The number of furan rings is 1. The van der Waals surface area contributed by atoms with Crippen molar-refractivity contribution in [3.05, 3.63) is 68.1 Å². The van der Waals surface area contributed by atoms with Gasteiger partial charge >= 0.3 is 0 Å². The molecule has 30 heavy (non-hydrogen) atoms. The van der Waals surface area contributed by atoms with Crippen LogP contribution >= 0.6 is 34.0 Å². The summed E-state index contributed by atoms with van der Waals surface area (Å²) >= 11 is 4.59. The van der Waals surface area contributed by atoms with Gasteiger partial charge in [-0.25, -0.2) is 4.98 Å². The summed E-state index contributed by atoms with van der Waals surface area (Å²) in [5.74, 6) is -0.241. The number of carbonyl (C=O) groups excluding carboxylic acids is 2. The largest absolute Gasteiger partial charge is 0.459 e. The number of hydrogen-bond acceptors (Lipinski definition) is 7. The summed E-state index contributed by atoms with van der Waals surface area (Å²) in [5.41, 5.74) is 1.83. The van der Waals surface area contributed by atoms with Crippen molar-refractivity contribution in [1.29, 1.82) is 0 Å². The van der Waals surface area contributed by atoms with Crippen LogP contribution in [0.1, 0.15) is 35.7 Å². The van der Waals surface area contributed by atoms with Gasteiger partial charge in [0.2, 0.25) is 0 Å². The van der Waals surface area contributed by atoms with Crippen LogP contribution in [0.5, 0.6) is 0 Å². The molecule has 0 saturated carbocycles. The van der Waals surface area contributed by atoms with Crippen molar-refractivity contribution >= 4 is 50.8 Å². The number of amides is 2. The third kappa shape index (κ3) is 4.69. The number of nitrogens with one attached hydrogen (secondary N) is 2. The lowest BCUT2D eigenvalue weighted by atomic mass is 10.2. The lowest BCUT2D eigenvalue weighted by molar-refractivity contribution is 0.0956. The molecular weight excluding hydrogens is 438 g/mol. The Morgan fingerprint density at radius 3 is 2.73 bits per heavy atom. The second kappa shape index (κ2) is 8.95. The summed E-state index contributed by atoms with van der Waals surface area (Å²) in [5, 5.41) is 9.46. The normalized spacial score (nSPS) is 10.9. The molecule has 6 nitrogen and oxygen atoms in total. The maximum Gasteiger partial charge on any atom is 0.291 e. The summed E-state index contributed by atoms with van der Waals surface area (Å²) in [6.07, 6.45) is 2.20. The Kier molecular flexibility index (Phi) is 6.12. The van der Waals surface area contributed by atoms with E-state index in [0.717, 1.165) is 27.6 Å². The number of nitrogens with zero attached hydrogens (tertiary/aromatic N) is 1. The number of thiophene rings is 2. The van der Waals surface area contributed by atoms with Crippen molar-refractivity contribution in [2.75, 3.05) is 11.9 Å². The second-order valence-corrected chi connectivity index (χ2v) is 9.86. The van der Waals surface area contributed by atoms with Crippen molar-refractivity contribution in [3.8, 4) is 10.6 Å². The molecule has 0 aliphatic carbocycles. The first-order valence-corrected chi connectivity index (χ1v) is 11.8. The van der Waals surface area contributed by atoms with Gasteiger partial charge in [0, 0.05) is 16.8 Å². The van der Waals surface area contributed by atoms with Crippen LogP contribution in [0, 0.1) is 13.8 Å². The van der Waals surface area contributed by atoms with E-state index >= 15 is 0 Å². The summed E-state index contributed by atoms with van der Waals surface area (Å²) in [7, 11) is 0. The summed E-state index contributed by atoms with van der Waals surface area (Å²) in [6, 6.07) is 9.20. The number of aromatic nitrogens is 1. The van der Waals surface area contributed by atoms with E-state index in [1.165, 1.54) is 22.5 Å². The second-order valence-electron chi connectivity index (χ2n) is 6.58. The molecule has 0 aliphatic heterocycles. The number of anilines is 1. The van der Waals surface area contributed by atoms with Crippen LogP contribution in [-0.4, -0.2) is 23.3 Å². The average Bonchev–Trinajstić information content (AvgIpc) is 3.49. The maximum atomic E-state index is 12.6. The minimum absolute atomic E-state index is 0.136. The van der Waals surface area contributed by atoms with Crippen LogP contribution in [0.15, 0.2) is 46.4 Å². The van der Waals surface area contributed by atoms with E-state index in [9.17, 15) is 9.59 Å². The molecule has 0 saturated heterocycles. The topological polar surface area (TPSA) is 84.2 Å². The molecular formula is C21H19N3O3S3. The van der Waals surface area contributed by atoms with Crippen LogP contribution in [0.3, 0.4) is 0 Å². The third-order valence-corrected chi connectivity index (χ3v) is 7.39. The molecule has 2 N–H and O–H groups in total. The first-order valence-electron chi connectivity index (χ1n) is 9.24. The fraction of sp³-hybridized carbons (Fsp3) is 0.190. The van der Waals surface area contributed by atoms with Crippen molar-refractivity contribution in [2.24, 2.45) is 0 Å². The molecule has 0 bridgehead atoms. The minimum Gasteiger partial charge on any atom is -0.459 e. The van der Waals surface area contributed by atoms with Crippen molar-refractivity contribution < 1.29 is 14.0 Å². The first-order chi connectivity index (χ1) is 14.5. The lowest BCUT2D eigenvalue weighted by Crippen LogP contribution is -2.25. The van der Waals surface area contributed by atoms with Gasteiger partial charge in [-0.1, -0.05) is 0 Å². The molecule has 0 unspecified atom stereocenters. The Labute approximate surface area is 185 Å². The van der Waals surface area contributed by atoms with Crippen molar-refractivity contribution in [2.45, 2.75) is 20.3 Å². The van der Waals surface area contributed by atoms with Gasteiger partial charge in [0.1, 0.15) is 0 Å². The highest BCUT2D eigenvalue weighted by molar-refractivity contribution is 7.18. The Balaban J connectivity index is 1.32. The van der Waals surface area contributed by atoms with E-state index < -0.39 is 0 Å². The van der Waals surface area contributed by atoms with Gasteiger partial charge in [-0.3, -0.25) is 9.59 Å². The highest BCUT2D eigenvalue weighted by Gasteiger charge is 2.16. The van der Waals surface area contributed by atoms with Crippen LogP contribution in [0.2, 0.25) is 0 Å². The Morgan fingerprint density at radius 2 is 2.00 bits per heavy atom. The van der Waals surface area contributed by atoms with E-state index in [-0.39, 0.29) is 17.6 Å². The van der Waals surface area contributed by atoms with Crippen molar-refractivity contribution in [3.63, 3.8) is 0 Å². The molecule has 0 radical (unpaired) electrons. The van der Waals surface area contributed by atoms with Gasteiger partial charge in [0.15, 0.2) is 5.76 Å². The standard InChI is InChI=1S/C21H19N3O3S3/c1-12-10-18(24-20(25)16-4-3-9-27-16)30-19(12)21(26)22-8-7-14-5-6-17(29-14)15-11-28-13(2)23-15/h3-6,9-11H,7-8H2,1-2H3,(H,22,26)(H,24,25). The molecule has 4 heterocycles. The van der Waals surface area contributed by atoms with Crippen molar-refractivity contribution in [1.82, 2.24) is 10.3 Å². The zero-order valence-corrected chi connectivity index (χ0v) is 18.8. The molecule has 154 valence electrons. The average molecular weight is 458 g/mol. The maximum absolute atomic E-state index is 12.6. The number of hydrogen-bond donors (Lipinski definition) is 2. The predicted octanol–water partition coefficient (Wildman–Crippen LogP) is 5.37. The summed E-state index contributed by atoms with van der Waals surface area (Å²) in [4.78, 5) is 32.1. The first kappa shape index (κ1) is 20.5. The quantitative estimate of drug-likeness (QED) is 0.391. The molecule has 4 aromatic heterocycles. The molecule has 0 spiro atoms. The van der Waals surface area contributed by atoms with Gasteiger partial charge in [0.25, 0.3) is 11.8 Å². The Bertz CT molecular complexity index is 1170. The van der Waals surface area contributed by atoms with E-state index in [4.69, 9.17) is 4.42 Å². The molecule has 0 fully saturated rings. The number of aryl methyl sites for hydroxylation is 2. The van der Waals surface area contributed by atoms with Crippen LogP contribution in [-0.2, 0) is 6.42 Å². The van der Waals surface area contributed by atoms with E-state index in [0.29, 0.717) is 16.4 Å². The number of thiazole rings is 1. The number of carbonyl (C=O) groups is 2. The van der Waals surface area contributed by atoms with E-state index in [2.05, 4.69) is 33.1 Å². The van der Waals surface area contributed by atoms with Gasteiger partial charge in [-0.05, 0) is 56.2 Å². The SMILES string of the molecule is Cc1nc(-c2ccc(CCNC(=O)c3sc(NC(=O)c4ccco4)cc3C)s2)cs1. The minimum atomic E-state index is -0.336. The highest BCUT2D eigenvalue weighted by Crippen LogP contribution is 2.29. The van der Waals surface area contributed by atoms with E-state index in [1.54, 1.807) is 40.9 Å². The summed E-state index contributed by atoms with van der Waals surface area (Å²) < 4.78 is 5.09. The number of rotatable bonds is 7. The van der Waals surface area contributed by atoms with Crippen LogP contribution in [0.25, 0.3) is 10.6 Å². The molecule has 9 heteroatoms. The fourth-order valence-corrected chi connectivity index (χ4v) is 5.50. The summed E-state index contributed by atoms with van der Waals surface area (Å²) in [6.45, 7) is 4.40. The molecule has 2 amide bonds. The predicted molar refractivity (Wildman–Crippen MR) is 122 cm³/mol. The van der Waals surface area contributed by atoms with Crippen LogP contribution in [0.4, 0.5) is 5.00 Å². The lowest BCUT2D eigenvalue weighted by Gasteiger charge is -2.03. The Hall–Kier alpha value is -2.75. The molecule has 0 aliphatic rings. The zero-order valence-electron chi connectivity index (χ0n) is 16.4. The zero-order chi connectivity index (χ0) is 21.1. The van der Waals surface area contributed by atoms with Gasteiger partial charge in [-0.2, -0.15) is 0 Å². The molecule has 4 rings (SSSR count). The van der Waals surface area contributed by atoms with Gasteiger partial charge in [-0.15, -0.1) is 34.0 Å². The van der Waals surface area contributed by atoms with Gasteiger partial charge in [0.05, 0.1) is 31.7 Å². The van der Waals surface area contributed by atoms with Gasteiger partial charge < -0.3 is 15.1 Å². The molecule has 4 aromatic rings. The highest BCUT2D eigenvalue weighted by atomic mass is 32.1. The fourth-order valence-electron chi connectivity index (χ4n) is 2.86. The molecule has 0 atom stereocenters. The van der Waals surface area contributed by atoms with Crippen LogP contribution < -0.4 is 10.6 Å². The monoisotopic (exact) mass is 457 g/mol. The third-order valence-electron chi connectivity index (χ3n) is 4.30. The molecule has 0 aromatic carbocycles.